The van der Waals surface area contributed by atoms with Crippen LogP contribution in [0.2, 0.25) is 0 Å². The van der Waals surface area contributed by atoms with Gasteiger partial charge in [-0.2, -0.15) is 5.10 Å². The highest BCUT2D eigenvalue weighted by Crippen LogP contribution is 2.35. The van der Waals surface area contributed by atoms with Crippen LogP contribution in [0.25, 0.3) is 10.9 Å². The van der Waals surface area contributed by atoms with Crippen molar-refractivity contribution in [2.75, 3.05) is 50.6 Å². The summed E-state index contributed by atoms with van der Waals surface area (Å²) in [5.74, 6) is -0.681. The van der Waals surface area contributed by atoms with Crippen LogP contribution in [0.5, 0.6) is 11.5 Å². The second-order valence-corrected chi connectivity index (χ2v) is 10.1. The van der Waals surface area contributed by atoms with Gasteiger partial charge in [0.2, 0.25) is 5.91 Å². The lowest BCUT2D eigenvalue weighted by Crippen LogP contribution is -2.35. The Balaban J connectivity index is 1.19. The third-order valence-electron chi connectivity index (χ3n) is 7.19. The molecule has 1 fully saturated rings. The third-order valence-corrected chi connectivity index (χ3v) is 7.19. The van der Waals surface area contributed by atoms with E-state index in [0.29, 0.717) is 46.4 Å². The maximum Gasteiger partial charge on any atom is 0.246 e. The van der Waals surface area contributed by atoms with Gasteiger partial charge in [-0.15, -0.1) is 0 Å². The van der Waals surface area contributed by atoms with Gasteiger partial charge in [0.15, 0.2) is 23.1 Å². The Bertz CT molecular complexity index is 1530. The predicted octanol–water partition coefficient (Wildman–Crippen LogP) is 3.97. The first-order valence-electron chi connectivity index (χ1n) is 13.8. The second kappa shape index (κ2) is 13.5. The molecular formula is C29H33F2N7O4. The molecular weight excluding hydrogens is 548 g/mol. The Labute approximate surface area is 241 Å². The number of nitrogens with zero attached hydrogens (tertiary/aromatic N) is 5. The van der Waals surface area contributed by atoms with Gasteiger partial charge >= 0.3 is 0 Å². The number of halogens is 2. The first-order chi connectivity index (χ1) is 20.4. The molecule has 0 aliphatic carbocycles. The van der Waals surface area contributed by atoms with E-state index in [1.807, 2.05) is 6.07 Å². The van der Waals surface area contributed by atoms with Gasteiger partial charge in [-0.1, -0.05) is 6.07 Å². The maximum atomic E-state index is 13.9. The molecule has 0 atom stereocenters. The summed E-state index contributed by atoms with van der Waals surface area (Å²) in [5.41, 5.74) is 0.967. The molecule has 1 amide bonds. The normalized spacial score (nSPS) is 14.2. The van der Waals surface area contributed by atoms with Crippen LogP contribution in [0.15, 0.2) is 49.1 Å². The van der Waals surface area contributed by atoms with E-state index in [4.69, 9.17) is 9.47 Å². The molecule has 1 aliphatic heterocycles. The molecule has 42 heavy (non-hydrogen) atoms. The number of benzene rings is 2. The summed E-state index contributed by atoms with van der Waals surface area (Å²) in [5, 5.41) is 19.7. The van der Waals surface area contributed by atoms with Gasteiger partial charge in [-0.05, 0) is 56.5 Å². The van der Waals surface area contributed by atoms with E-state index in [-0.39, 0.29) is 18.8 Å². The molecule has 2 aromatic heterocycles. The van der Waals surface area contributed by atoms with Crippen LogP contribution in [0.4, 0.5) is 26.0 Å². The van der Waals surface area contributed by atoms with Crippen molar-refractivity contribution in [2.24, 2.45) is 5.92 Å². The molecule has 3 N–H and O–H groups in total. The van der Waals surface area contributed by atoms with Gasteiger partial charge in [0, 0.05) is 30.8 Å². The molecule has 1 saturated heterocycles. The molecule has 3 heterocycles. The number of piperidine rings is 1. The van der Waals surface area contributed by atoms with E-state index in [1.165, 1.54) is 29.3 Å². The van der Waals surface area contributed by atoms with Crippen molar-refractivity contribution in [1.29, 1.82) is 0 Å². The molecule has 0 radical (unpaired) electrons. The Morgan fingerprint density at radius 1 is 1.17 bits per heavy atom. The van der Waals surface area contributed by atoms with Gasteiger partial charge in [0.25, 0.3) is 0 Å². The summed E-state index contributed by atoms with van der Waals surface area (Å²) in [6.07, 6.45) is 7.46. The van der Waals surface area contributed by atoms with Crippen LogP contribution >= 0.6 is 0 Å². The van der Waals surface area contributed by atoms with Crippen LogP contribution in [0, 0.1) is 17.6 Å². The first kappa shape index (κ1) is 29.1. The molecule has 0 spiro atoms. The number of methoxy groups -OCH3 is 1. The van der Waals surface area contributed by atoms with Gasteiger partial charge in [0.1, 0.15) is 18.7 Å². The lowest BCUT2D eigenvalue weighted by atomic mass is 9.98. The average Bonchev–Trinajstić information content (AvgIpc) is 3.44. The Morgan fingerprint density at radius 3 is 2.79 bits per heavy atom. The molecule has 222 valence electrons. The highest BCUT2D eigenvalue weighted by atomic mass is 19.2. The number of nitrogens with one attached hydrogen (secondary N) is 2. The maximum absolute atomic E-state index is 13.9. The molecule has 0 bridgehead atoms. The molecule has 1 aliphatic rings. The number of likely N-dealkylation sites (tertiary alicyclic amines) is 1. The fourth-order valence-corrected chi connectivity index (χ4v) is 4.89. The summed E-state index contributed by atoms with van der Waals surface area (Å²) in [6.45, 7) is 3.51. The lowest BCUT2D eigenvalue weighted by molar-refractivity contribution is -0.116. The number of rotatable bonds is 12. The third kappa shape index (κ3) is 7.09. The van der Waals surface area contributed by atoms with E-state index < -0.39 is 17.5 Å². The number of carbonyl (C=O) groups excluding carboxylic acids is 1. The van der Waals surface area contributed by atoms with Crippen molar-refractivity contribution in [3.8, 4) is 11.5 Å². The molecule has 0 unspecified atom stereocenters. The summed E-state index contributed by atoms with van der Waals surface area (Å²) in [4.78, 5) is 23.5. The zero-order valence-corrected chi connectivity index (χ0v) is 23.2. The minimum atomic E-state index is -1.12. The summed E-state index contributed by atoms with van der Waals surface area (Å²) in [7, 11) is 1.57. The molecule has 0 saturated carbocycles. The largest absolute Gasteiger partial charge is 0.493 e. The smallest absolute Gasteiger partial charge is 0.246 e. The van der Waals surface area contributed by atoms with E-state index in [2.05, 4.69) is 30.6 Å². The van der Waals surface area contributed by atoms with Crippen molar-refractivity contribution in [3.63, 3.8) is 0 Å². The fourth-order valence-electron chi connectivity index (χ4n) is 4.89. The number of anilines is 3. The monoisotopic (exact) mass is 581 g/mol. The lowest BCUT2D eigenvalue weighted by Gasteiger charge is -2.30. The van der Waals surface area contributed by atoms with E-state index >= 15 is 0 Å². The van der Waals surface area contributed by atoms with Gasteiger partial charge in [-0.3, -0.25) is 9.48 Å². The predicted molar refractivity (Wildman–Crippen MR) is 153 cm³/mol. The molecule has 2 aromatic carbocycles. The number of amides is 1. The molecule has 4 aromatic rings. The quantitative estimate of drug-likeness (QED) is 0.213. The summed E-state index contributed by atoms with van der Waals surface area (Å²) >= 11 is 0. The summed E-state index contributed by atoms with van der Waals surface area (Å²) in [6, 6.07) is 7.18. The van der Waals surface area contributed by atoms with Crippen molar-refractivity contribution in [3.05, 3.63) is 60.7 Å². The minimum Gasteiger partial charge on any atom is -0.493 e. The second-order valence-electron chi connectivity index (χ2n) is 10.1. The number of hydrogen-bond acceptors (Lipinski definition) is 9. The number of hydrogen-bond donors (Lipinski definition) is 3. The SMILES string of the molecule is COc1cc2c(Nc3cnn(CC(=O)Nc4cccc(F)c4F)c3)ncnc2cc1OCCCN1CCC(CO)CC1. The number of carbonyl (C=O) groups is 1. The van der Waals surface area contributed by atoms with E-state index in [9.17, 15) is 18.7 Å². The number of ether oxygens (including phenoxy) is 2. The van der Waals surface area contributed by atoms with Crippen molar-refractivity contribution >= 4 is 34.0 Å². The van der Waals surface area contributed by atoms with Crippen LogP contribution in [0.1, 0.15) is 19.3 Å². The Kier molecular flexibility index (Phi) is 9.39. The average molecular weight is 582 g/mol. The van der Waals surface area contributed by atoms with Gasteiger partial charge < -0.3 is 30.1 Å². The summed E-state index contributed by atoms with van der Waals surface area (Å²) < 4.78 is 40.3. The number of aliphatic hydroxyl groups excluding tert-OH is 1. The first-order valence-corrected chi connectivity index (χ1v) is 13.8. The zero-order valence-electron chi connectivity index (χ0n) is 23.2. The van der Waals surface area contributed by atoms with Crippen LogP contribution < -0.4 is 20.1 Å². The van der Waals surface area contributed by atoms with E-state index in [0.717, 1.165) is 45.0 Å². The standard InChI is InChI=1S/C29H33F2N7O4/c1-41-25-12-21-24(13-26(25)42-11-3-8-37-9-6-19(17-39)7-10-37)32-18-33-29(21)35-20-14-34-38(15-20)16-27(40)36-23-5-2-4-22(30)28(23)31/h2,4-5,12-15,18-19,39H,3,6-11,16-17H2,1H3,(H,36,40)(H,32,33,35). The van der Waals surface area contributed by atoms with Crippen molar-refractivity contribution in [1.82, 2.24) is 24.6 Å². The number of fused-ring (bicyclic) bond motifs is 1. The van der Waals surface area contributed by atoms with Crippen LogP contribution in [0.3, 0.4) is 0 Å². The molecule has 5 rings (SSSR count). The highest BCUT2D eigenvalue weighted by Gasteiger charge is 2.18. The minimum absolute atomic E-state index is 0.211. The van der Waals surface area contributed by atoms with Crippen LogP contribution in [-0.4, -0.2) is 75.6 Å². The van der Waals surface area contributed by atoms with Gasteiger partial charge in [0.05, 0.1) is 36.8 Å². The van der Waals surface area contributed by atoms with Crippen molar-refractivity contribution < 1.29 is 28.2 Å². The number of aliphatic hydroxyl groups is 1. The number of aromatic nitrogens is 4. The molecule has 13 heteroatoms. The zero-order chi connectivity index (χ0) is 29.5. The van der Waals surface area contributed by atoms with Crippen LogP contribution in [-0.2, 0) is 11.3 Å². The Hall–Kier alpha value is -4.36. The fraction of sp³-hybridized carbons (Fsp3) is 0.379. The molecule has 11 nitrogen and oxygen atoms in total. The topological polar surface area (TPSA) is 127 Å². The van der Waals surface area contributed by atoms with E-state index in [1.54, 1.807) is 19.4 Å². The Morgan fingerprint density at radius 2 is 2.00 bits per heavy atom. The van der Waals surface area contributed by atoms with Gasteiger partial charge in [-0.25, -0.2) is 18.7 Å². The highest BCUT2D eigenvalue weighted by molar-refractivity contribution is 5.93. The van der Waals surface area contributed by atoms with Crippen molar-refractivity contribution in [2.45, 2.75) is 25.8 Å².